The Hall–Kier alpha value is -1.02. The lowest BCUT2D eigenvalue weighted by molar-refractivity contribution is 0.340. The second-order valence-corrected chi connectivity index (χ2v) is 4.31. The van der Waals surface area contributed by atoms with Gasteiger partial charge in [-0.25, -0.2) is 0 Å². The van der Waals surface area contributed by atoms with E-state index >= 15 is 0 Å². The molecule has 1 aromatic carbocycles. The van der Waals surface area contributed by atoms with Crippen LogP contribution in [0.25, 0.3) is 0 Å². The maximum Gasteiger partial charge on any atom is 0.119 e. The molecule has 0 heterocycles. The summed E-state index contributed by atoms with van der Waals surface area (Å²) in [6.45, 7) is 15.1. The van der Waals surface area contributed by atoms with E-state index in [1.165, 1.54) is 31.2 Å². The normalized spacial score (nSPS) is 9.05. The van der Waals surface area contributed by atoms with Crippen LogP contribution in [0, 0.1) is 0 Å². The molecule has 0 unspecified atom stereocenters. The van der Waals surface area contributed by atoms with E-state index in [0.717, 1.165) is 25.4 Å². The molecule has 2 nitrogen and oxygen atoms in total. The SMILES string of the molecule is CC.CC.CCCCCCNCc1ccc(OCC)cc1. The van der Waals surface area contributed by atoms with Crippen molar-refractivity contribution in [1.82, 2.24) is 5.32 Å². The van der Waals surface area contributed by atoms with E-state index < -0.39 is 0 Å². The van der Waals surface area contributed by atoms with Gasteiger partial charge in [0.1, 0.15) is 5.75 Å². The first-order valence-electron chi connectivity index (χ1n) is 8.79. The quantitative estimate of drug-likeness (QED) is 0.581. The second-order valence-electron chi connectivity index (χ2n) is 4.31. The van der Waals surface area contributed by atoms with Crippen molar-refractivity contribution in [2.75, 3.05) is 13.2 Å². The molecule has 2 heteroatoms. The zero-order valence-corrected chi connectivity index (χ0v) is 15.2. The molecule has 1 rings (SSSR count). The number of unbranched alkanes of at least 4 members (excludes halogenated alkanes) is 3. The highest BCUT2D eigenvalue weighted by Gasteiger charge is 1.94. The standard InChI is InChI=1S/C15H25NO.2C2H6/c1-3-5-6-7-12-16-13-14-8-10-15(11-9-14)17-4-2;2*1-2/h8-11,16H,3-7,12-13H2,1-2H3;2*1-2H3. The zero-order valence-electron chi connectivity index (χ0n) is 15.2. The second kappa shape index (κ2) is 19.0. The summed E-state index contributed by atoms with van der Waals surface area (Å²) < 4.78 is 5.41. The molecule has 1 N–H and O–H groups in total. The van der Waals surface area contributed by atoms with Crippen molar-refractivity contribution in [2.45, 2.75) is 73.8 Å². The van der Waals surface area contributed by atoms with Crippen molar-refractivity contribution in [3.05, 3.63) is 29.8 Å². The summed E-state index contributed by atoms with van der Waals surface area (Å²) in [5, 5.41) is 3.47. The van der Waals surface area contributed by atoms with Gasteiger partial charge < -0.3 is 10.1 Å². The van der Waals surface area contributed by atoms with Gasteiger partial charge >= 0.3 is 0 Å². The predicted molar refractivity (Wildman–Crippen MR) is 96.2 cm³/mol. The summed E-state index contributed by atoms with van der Waals surface area (Å²) in [6.07, 6.45) is 5.28. The molecule has 21 heavy (non-hydrogen) atoms. The first-order valence-corrected chi connectivity index (χ1v) is 8.79. The van der Waals surface area contributed by atoms with Gasteiger partial charge in [-0.2, -0.15) is 0 Å². The Morgan fingerprint density at radius 1 is 0.857 bits per heavy atom. The van der Waals surface area contributed by atoms with E-state index in [4.69, 9.17) is 4.74 Å². The lowest BCUT2D eigenvalue weighted by Crippen LogP contribution is -2.14. The molecule has 0 bridgehead atoms. The fraction of sp³-hybridized carbons (Fsp3) is 0.684. The number of nitrogens with one attached hydrogen (secondary N) is 1. The third kappa shape index (κ3) is 13.7. The van der Waals surface area contributed by atoms with Crippen molar-refractivity contribution < 1.29 is 4.74 Å². The van der Waals surface area contributed by atoms with Gasteiger partial charge in [-0.3, -0.25) is 0 Å². The predicted octanol–water partition coefficient (Wildman–Crippen LogP) is 5.81. The van der Waals surface area contributed by atoms with E-state index in [2.05, 4.69) is 24.4 Å². The molecule has 0 atom stereocenters. The summed E-state index contributed by atoms with van der Waals surface area (Å²) >= 11 is 0. The van der Waals surface area contributed by atoms with Gasteiger partial charge in [0.15, 0.2) is 0 Å². The van der Waals surface area contributed by atoms with Crippen LogP contribution >= 0.6 is 0 Å². The van der Waals surface area contributed by atoms with Crippen LogP contribution in [0.5, 0.6) is 5.75 Å². The van der Waals surface area contributed by atoms with Crippen molar-refractivity contribution in [2.24, 2.45) is 0 Å². The summed E-state index contributed by atoms with van der Waals surface area (Å²) in [5.41, 5.74) is 1.32. The van der Waals surface area contributed by atoms with Crippen molar-refractivity contribution in [3.63, 3.8) is 0 Å². The molecule has 124 valence electrons. The third-order valence-corrected chi connectivity index (χ3v) is 2.77. The molecule has 0 aliphatic carbocycles. The molecule has 1 aromatic rings. The average molecular weight is 296 g/mol. The van der Waals surface area contributed by atoms with Crippen LogP contribution in [0.2, 0.25) is 0 Å². The van der Waals surface area contributed by atoms with Crippen LogP contribution in [0.15, 0.2) is 24.3 Å². The molecule has 0 aliphatic rings. The molecule has 0 radical (unpaired) electrons. The molecule has 0 spiro atoms. The number of hydrogen-bond donors (Lipinski definition) is 1. The molecular weight excluding hydrogens is 258 g/mol. The highest BCUT2D eigenvalue weighted by molar-refractivity contribution is 5.27. The number of benzene rings is 1. The largest absolute Gasteiger partial charge is 0.494 e. The highest BCUT2D eigenvalue weighted by Crippen LogP contribution is 2.11. The first-order chi connectivity index (χ1) is 10.4. The fourth-order valence-corrected chi connectivity index (χ4v) is 1.78. The Labute approximate surface area is 133 Å². The van der Waals surface area contributed by atoms with E-state index in [-0.39, 0.29) is 0 Å². The molecule has 0 aliphatic heterocycles. The molecular formula is C19H37NO. The van der Waals surface area contributed by atoms with Gasteiger partial charge in [0.2, 0.25) is 0 Å². The van der Waals surface area contributed by atoms with Gasteiger partial charge in [-0.05, 0) is 37.6 Å². The molecule has 0 saturated heterocycles. The number of rotatable bonds is 9. The third-order valence-electron chi connectivity index (χ3n) is 2.77. The molecule has 0 amide bonds. The molecule has 0 saturated carbocycles. The Morgan fingerprint density at radius 2 is 1.48 bits per heavy atom. The maximum absolute atomic E-state index is 5.41. The van der Waals surface area contributed by atoms with E-state index in [1.54, 1.807) is 0 Å². The van der Waals surface area contributed by atoms with Gasteiger partial charge in [-0.1, -0.05) is 66.0 Å². The molecule has 0 fully saturated rings. The summed E-state index contributed by atoms with van der Waals surface area (Å²) in [4.78, 5) is 0. The Bertz CT molecular complexity index is 282. The minimum atomic E-state index is 0.731. The monoisotopic (exact) mass is 295 g/mol. The Kier molecular flexibility index (Phi) is 20.1. The first kappa shape index (κ1) is 22.3. The lowest BCUT2D eigenvalue weighted by Gasteiger charge is -2.06. The highest BCUT2D eigenvalue weighted by atomic mass is 16.5. The van der Waals surface area contributed by atoms with Gasteiger partial charge in [0.05, 0.1) is 6.61 Å². The summed E-state index contributed by atoms with van der Waals surface area (Å²) in [6, 6.07) is 8.34. The van der Waals surface area contributed by atoms with Crippen molar-refractivity contribution in [1.29, 1.82) is 0 Å². The Morgan fingerprint density at radius 3 is 2.00 bits per heavy atom. The van der Waals surface area contributed by atoms with Crippen LogP contribution in [0.4, 0.5) is 0 Å². The van der Waals surface area contributed by atoms with Crippen LogP contribution in [0.1, 0.15) is 72.8 Å². The number of ether oxygens (including phenoxy) is 1. The fourth-order valence-electron chi connectivity index (χ4n) is 1.78. The summed E-state index contributed by atoms with van der Waals surface area (Å²) in [7, 11) is 0. The summed E-state index contributed by atoms with van der Waals surface area (Å²) in [5.74, 6) is 0.958. The van der Waals surface area contributed by atoms with Gasteiger partial charge in [0, 0.05) is 6.54 Å². The average Bonchev–Trinajstić information content (AvgIpc) is 2.56. The Balaban J connectivity index is 0. The maximum atomic E-state index is 5.41. The topological polar surface area (TPSA) is 21.3 Å². The lowest BCUT2D eigenvalue weighted by atomic mass is 10.2. The van der Waals surface area contributed by atoms with Crippen LogP contribution in [-0.4, -0.2) is 13.2 Å². The van der Waals surface area contributed by atoms with Crippen molar-refractivity contribution >= 4 is 0 Å². The van der Waals surface area contributed by atoms with Gasteiger partial charge in [-0.15, -0.1) is 0 Å². The molecule has 0 aromatic heterocycles. The van der Waals surface area contributed by atoms with Crippen LogP contribution < -0.4 is 10.1 Å². The van der Waals surface area contributed by atoms with E-state index in [1.807, 2.05) is 46.8 Å². The van der Waals surface area contributed by atoms with E-state index in [9.17, 15) is 0 Å². The number of hydrogen-bond acceptors (Lipinski definition) is 2. The zero-order chi connectivity index (χ0) is 16.3. The van der Waals surface area contributed by atoms with E-state index in [0.29, 0.717) is 0 Å². The minimum absolute atomic E-state index is 0.731. The van der Waals surface area contributed by atoms with Gasteiger partial charge in [0.25, 0.3) is 0 Å². The van der Waals surface area contributed by atoms with Crippen LogP contribution in [0.3, 0.4) is 0 Å². The smallest absolute Gasteiger partial charge is 0.119 e. The van der Waals surface area contributed by atoms with Crippen LogP contribution in [-0.2, 0) is 6.54 Å². The van der Waals surface area contributed by atoms with Crippen molar-refractivity contribution in [3.8, 4) is 5.75 Å². The minimum Gasteiger partial charge on any atom is -0.494 e.